The molecule has 0 aromatic heterocycles. The molecule has 0 saturated heterocycles. The summed E-state index contributed by atoms with van der Waals surface area (Å²) in [4.78, 5) is 12.1. The molecule has 3 rings (SSSR count). The van der Waals surface area contributed by atoms with E-state index in [1.165, 1.54) is 30.5 Å². The van der Waals surface area contributed by atoms with Crippen LogP contribution < -0.4 is 10.9 Å². The minimum absolute atomic E-state index is 0.305. The number of carbonyl (C=O) groups is 1. The quantitative estimate of drug-likeness (QED) is 0.499. The van der Waals surface area contributed by atoms with Crippen LogP contribution in [-0.4, -0.2) is 18.3 Å². The lowest BCUT2D eigenvalue weighted by Gasteiger charge is -2.03. The van der Waals surface area contributed by atoms with Crippen molar-refractivity contribution in [2.24, 2.45) is 10.2 Å². The van der Waals surface area contributed by atoms with Crippen LogP contribution in [0.15, 0.2) is 83.0 Å². The topological polar surface area (TPSA) is 65.8 Å². The second kappa shape index (κ2) is 9.18. The Bertz CT molecular complexity index is 982. The summed E-state index contributed by atoms with van der Waals surface area (Å²) in [5.41, 5.74) is 7.76. The first-order valence-electron chi connectivity index (χ1n) is 8.34. The van der Waals surface area contributed by atoms with Gasteiger partial charge in [-0.05, 0) is 59.7 Å². The fraction of sp³-hybridized carbons (Fsp3) is 0. The van der Waals surface area contributed by atoms with Crippen molar-refractivity contribution in [2.45, 2.75) is 0 Å². The first-order valence-corrected chi connectivity index (χ1v) is 8.34. The van der Waals surface area contributed by atoms with Crippen LogP contribution >= 0.6 is 0 Å². The Hall–Kier alpha value is -3.87. The Morgan fingerprint density at radius 1 is 0.714 bits per heavy atom. The van der Waals surface area contributed by atoms with Gasteiger partial charge in [0.05, 0.1) is 18.1 Å². The smallest absolute Gasteiger partial charge is 0.271 e. The molecule has 3 aromatic carbocycles. The van der Waals surface area contributed by atoms with E-state index in [0.717, 1.165) is 5.56 Å². The zero-order valence-electron chi connectivity index (χ0n) is 14.6. The second-order valence-electron chi connectivity index (χ2n) is 5.75. The predicted octanol–water partition coefficient (Wildman–Crippen LogP) is 4.17. The SMILES string of the molecule is O=C(N/N=C\c1ccc(F)cc1)c1ccc(N/N=C\c2ccc(F)cc2)cc1. The molecule has 7 heteroatoms. The maximum Gasteiger partial charge on any atom is 0.271 e. The van der Waals surface area contributed by atoms with Crippen molar-refractivity contribution in [3.63, 3.8) is 0 Å². The molecule has 1 amide bonds. The van der Waals surface area contributed by atoms with E-state index in [1.54, 1.807) is 54.7 Å². The molecule has 0 aliphatic carbocycles. The Morgan fingerprint density at radius 2 is 1.21 bits per heavy atom. The van der Waals surface area contributed by atoms with Gasteiger partial charge in [-0.3, -0.25) is 10.2 Å². The van der Waals surface area contributed by atoms with Gasteiger partial charge in [-0.1, -0.05) is 24.3 Å². The van der Waals surface area contributed by atoms with Crippen molar-refractivity contribution in [1.29, 1.82) is 0 Å². The molecule has 140 valence electrons. The van der Waals surface area contributed by atoms with E-state index in [-0.39, 0.29) is 17.5 Å². The van der Waals surface area contributed by atoms with Crippen LogP contribution in [0.1, 0.15) is 21.5 Å². The predicted molar refractivity (Wildman–Crippen MR) is 106 cm³/mol. The third-order valence-corrected chi connectivity index (χ3v) is 3.67. The molecule has 0 aliphatic heterocycles. The third-order valence-electron chi connectivity index (χ3n) is 3.67. The second-order valence-corrected chi connectivity index (χ2v) is 5.75. The Kier molecular flexibility index (Phi) is 6.20. The van der Waals surface area contributed by atoms with Crippen LogP contribution in [-0.2, 0) is 0 Å². The average Bonchev–Trinajstić information content (AvgIpc) is 2.71. The summed E-state index contributed by atoms with van der Waals surface area (Å²) in [6.07, 6.45) is 2.99. The number of hydrazone groups is 2. The summed E-state index contributed by atoms with van der Waals surface area (Å²) in [7, 11) is 0. The molecule has 0 spiro atoms. The Labute approximate surface area is 160 Å². The third kappa shape index (κ3) is 5.57. The number of rotatable bonds is 6. The normalized spacial score (nSPS) is 11.1. The van der Waals surface area contributed by atoms with Crippen LogP contribution in [0, 0.1) is 11.6 Å². The van der Waals surface area contributed by atoms with Crippen molar-refractivity contribution in [3.05, 3.63) is 101 Å². The monoisotopic (exact) mass is 378 g/mol. The van der Waals surface area contributed by atoms with Gasteiger partial charge in [0.1, 0.15) is 11.6 Å². The number of nitrogens with one attached hydrogen (secondary N) is 2. The number of hydrogen-bond donors (Lipinski definition) is 2. The van der Waals surface area contributed by atoms with E-state index in [1.807, 2.05) is 0 Å². The van der Waals surface area contributed by atoms with Crippen LogP contribution in [0.4, 0.5) is 14.5 Å². The van der Waals surface area contributed by atoms with Gasteiger partial charge in [0, 0.05) is 5.56 Å². The van der Waals surface area contributed by atoms with E-state index in [2.05, 4.69) is 21.1 Å². The molecular formula is C21H16F2N4O. The van der Waals surface area contributed by atoms with Gasteiger partial charge < -0.3 is 0 Å². The van der Waals surface area contributed by atoms with Gasteiger partial charge in [0.2, 0.25) is 0 Å². The molecular weight excluding hydrogens is 362 g/mol. The lowest BCUT2D eigenvalue weighted by molar-refractivity contribution is 0.0955. The number of anilines is 1. The van der Waals surface area contributed by atoms with Crippen molar-refractivity contribution < 1.29 is 13.6 Å². The molecule has 0 fully saturated rings. The maximum absolute atomic E-state index is 12.8. The highest BCUT2D eigenvalue weighted by atomic mass is 19.1. The fourth-order valence-corrected chi connectivity index (χ4v) is 2.21. The van der Waals surface area contributed by atoms with Crippen molar-refractivity contribution >= 4 is 24.0 Å². The number of halogens is 2. The molecule has 0 radical (unpaired) electrons. The number of nitrogens with zero attached hydrogens (tertiary/aromatic N) is 2. The standard InChI is InChI=1S/C21H16F2N4O/c22-18-7-1-15(2-8-18)13-24-26-20-11-5-17(6-12-20)21(28)27-25-14-16-3-9-19(23)10-4-16/h1-14,26H,(H,27,28)/b24-13-,25-14-. The number of hydrogen-bond acceptors (Lipinski definition) is 4. The minimum atomic E-state index is -0.375. The first-order chi connectivity index (χ1) is 13.6. The van der Waals surface area contributed by atoms with Gasteiger partial charge in [-0.2, -0.15) is 10.2 Å². The molecule has 0 bridgehead atoms. The molecule has 0 heterocycles. The molecule has 2 N–H and O–H groups in total. The fourth-order valence-electron chi connectivity index (χ4n) is 2.21. The van der Waals surface area contributed by atoms with Crippen LogP contribution in [0.3, 0.4) is 0 Å². The lowest BCUT2D eigenvalue weighted by Crippen LogP contribution is -2.17. The summed E-state index contributed by atoms with van der Waals surface area (Å²) >= 11 is 0. The summed E-state index contributed by atoms with van der Waals surface area (Å²) in [6, 6.07) is 18.3. The van der Waals surface area contributed by atoms with E-state index < -0.39 is 0 Å². The molecule has 28 heavy (non-hydrogen) atoms. The summed E-state index contributed by atoms with van der Waals surface area (Å²) in [5.74, 6) is -1.02. The largest absolute Gasteiger partial charge is 0.279 e. The summed E-state index contributed by atoms with van der Waals surface area (Å²) in [5, 5.41) is 7.90. The molecule has 0 saturated carbocycles. The van der Waals surface area contributed by atoms with E-state index in [9.17, 15) is 13.6 Å². The molecule has 0 unspecified atom stereocenters. The van der Waals surface area contributed by atoms with Crippen LogP contribution in [0.5, 0.6) is 0 Å². The molecule has 0 aliphatic rings. The highest BCUT2D eigenvalue weighted by Gasteiger charge is 2.03. The highest BCUT2D eigenvalue weighted by Crippen LogP contribution is 2.10. The van der Waals surface area contributed by atoms with E-state index in [4.69, 9.17) is 0 Å². The summed E-state index contributed by atoms with van der Waals surface area (Å²) < 4.78 is 25.7. The minimum Gasteiger partial charge on any atom is -0.279 e. The van der Waals surface area contributed by atoms with Crippen LogP contribution in [0.2, 0.25) is 0 Å². The lowest BCUT2D eigenvalue weighted by atomic mass is 10.2. The van der Waals surface area contributed by atoms with Gasteiger partial charge in [-0.15, -0.1) is 0 Å². The van der Waals surface area contributed by atoms with Crippen molar-refractivity contribution in [3.8, 4) is 0 Å². The first kappa shape index (κ1) is 18.9. The van der Waals surface area contributed by atoms with Gasteiger partial charge in [0.25, 0.3) is 5.91 Å². The maximum atomic E-state index is 12.8. The van der Waals surface area contributed by atoms with Crippen LogP contribution in [0.25, 0.3) is 0 Å². The van der Waals surface area contributed by atoms with E-state index in [0.29, 0.717) is 16.8 Å². The van der Waals surface area contributed by atoms with Crippen molar-refractivity contribution in [1.82, 2.24) is 5.43 Å². The molecule has 5 nitrogen and oxygen atoms in total. The van der Waals surface area contributed by atoms with Gasteiger partial charge >= 0.3 is 0 Å². The number of amides is 1. The Balaban J connectivity index is 1.52. The summed E-state index contributed by atoms with van der Waals surface area (Å²) in [6.45, 7) is 0. The van der Waals surface area contributed by atoms with Crippen molar-refractivity contribution in [2.75, 3.05) is 5.43 Å². The number of carbonyl (C=O) groups excluding carboxylic acids is 1. The molecule has 3 aromatic rings. The zero-order chi connectivity index (χ0) is 19.8. The van der Waals surface area contributed by atoms with Gasteiger partial charge in [0.15, 0.2) is 0 Å². The van der Waals surface area contributed by atoms with Gasteiger partial charge in [-0.25, -0.2) is 14.2 Å². The average molecular weight is 378 g/mol. The highest BCUT2D eigenvalue weighted by molar-refractivity contribution is 5.95. The Morgan fingerprint density at radius 3 is 1.75 bits per heavy atom. The number of benzene rings is 3. The zero-order valence-corrected chi connectivity index (χ0v) is 14.6. The van der Waals surface area contributed by atoms with E-state index >= 15 is 0 Å². The molecule has 0 atom stereocenters.